The van der Waals surface area contributed by atoms with Gasteiger partial charge in [-0.3, -0.25) is 14.2 Å². The maximum atomic E-state index is 12.9. The van der Waals surface area contributed by atoms with Crippen LogP contribution in [-0.4, -0.2) is 38.3 Å². The monoisotopic (exact) mass is 424 g/mol. The molecule has 1 fully saturated rings. The number of hydrogen-bond acceptors (Lipinski definition) is 6. The molecule has 0 radical (unpaired) electrons. The maximum Gasteiger partial charge on any atom is 0.254 e. The molecule has 2 aromatic heterocycles. The average molecular weight is 425 g/mol. The molecule has 2 aromatic rings. The van der Waals surface area contributed by atoms with Crippen LogP contribution in [-0.2, 0) is 6.42 Å². The quantitative estimate of drug-likeness (QED) is 0.692. The predicted octanol–water partition coefficient (Wildman–Crippen LogP) is 2.82. The van der Waals surface area contributed by atoms with Crippen LogP contribution in [0.1, 0.15) is 83.6 Å². The highest BCUT2D eigenvalue weighted by atomic mass is 16.1. The van der Waals surface area contributed by atoms with Crippen LogP contribution in [0.3, 0.4) is 0 Å². The number of hydrogen-bond donors (Lipinski definition) is 3. The second-order valence-electron chi connectivity index (χ2n) is 9.80. The summed E-state index contributed by atoms with van der Waals surface area (Å²) in [7, 11) is 0. The summed E-state index contributed by atoms with van der Waals surface area (Å²) in [6.07, 6.45) is 6.78. The highest BCUT2D eigenvalue weighted by Gasteiger charge is 2.36. The van der Waals surface area contributed by atoms with Gasteiger partial charge in [0, 0.05) is 41.7 Å². The lowest BCUT2D eigenvalue weighted by molar-refractivity contribution is 0.0909. The van der Waals surface area contributed by atoms with Crippen LogP contribution >= 0.6 is 0 Å². The van der Waals surface area contributed by atoms with Gasteiger partial charge in [-0.2, -0.15) is 4.98 Å². The maximum absolute atomic E-state index is 12.9. The number of nitrogens with one attached hydrogen (secondary N) is 1. The summed E-state index contributed by atoms with van der Waals surface area (Å²) in [5.41, 5.74) is 15.6. The van der Waals surface area contributed by atoms with E-state index in [1.807, 2.05) is 18.4 Å². The Bertz CT molecular complexity index is 1050. The Kier molecular flexibility index (Phi) is 5.37. The average Bonchev–Trinajstić information content (AvgIpc) is 2.92. The zero-order valence-electron chi connectivity index (χ0n) is 18.8. The number of amides is 1. The molecule has 166 valence electrons. The van der Waals surface area contributed by atoms with E-state index in [9.17, 15) is 9.59 Å². The normalized spacial score (nSPS) is 22.8. The lowest BCUT2D eigenvalue weighted by atomic mass is 9.75. The Morgan fingerprint density at radius 2 is 1.94 bits per heavy atom. The molecule has 2 aliphatic rings. The summed E-state index contributed by atoms with van der Waals surface area (Å²) in [5.74, 6) is 0.410. The van der Waals surface area contributed by atoms with Crippen molar-refractivity contribution in [1.29, 1.82) is 0 Å². The number of aromatic nitrogens is 3. The van der Waals surface area contributed by atoms with Crippen molar-refractivity contribution in [1.82, 2.24) is 14.5 Å². The minimum Gasteiger partial charge on any atom is -0.365 e. The first-order valence-corrected chi connectivity index (χ1v) is 11.0. The van der Waals surface area contributed by atoms with Crippen molar-refractivity contribution in [3.05, 3.63) is 34.3 Å². The van der Waals surface area contributed by atoms with E-state index in [0.717, 1.165) is 54.6 Å². The third kappa shape index (κ3) is 3.84. The molecule has 0 spiro atoms. The molecule has 0 aromatic carbocycles. The Labute approximate surface area is 182 Å². The Balaban J connectivity index is 1.82. The zero-order valence-corrected chi connectivity index (χ0v) is 18.8. The molecular formula is C23H32N6O2. The van der Waals surface area contributed by atoms with Crippen molar-refractivity contribution in [2.24, 2.45) is 16.9 Å². The second kappa shape index (κ2) is 7.75. The van der Waals surface area contributed by atoms with Crippen molar-refractivity contribution >= 4 is 17.5 Å². The molecule has 8 heteroatoms. The first-order valence-electron chi connectivity index (χ1n) is 11.0. The van der Waals surface area contributed by atoms with Crippen LogP contribution in [0.2, 0.25) is 0 Å². The third-order valence-electron chi connectivity index (χ3n) is 6.76. The van der Waals surface area contributed by atoms with E-state index in [1.165, 1.54) is 6.20 Å². The van der Waals surface area contributed by atoms with Crippen molar-refractivity contribution in [3.63, 3.8) is 0 Å². The molecule has 4 rings (SSSR count). The summed E-state index contributed by atoms with van der Waals surface area (Å²) < 4.78 is 1.96. The second-order valence-corrected chi connectivity index (χ2v) is 9.80. The number of carbonyl (C=O) groups excluding carboxylic acids is 2. The van der Waals surface area contributed by atoms with E-state index in [2.05, 4.69) is 24.1 Å². The van der Waals surface area contributed by atoms with Gasteiger partial charge in [-0.25, -0.2) is 4.98 Å². The highest BCUT2D eigenvalue weighted by molar-refractivity contribution is 6.01. The van der Waals surface area contributed by atoms with Crippen LogP contribution < -0.4 is 16.8 Å². The van der Waals surface area contributed by atoms with Gasteiger partial charge >= 0.3 is 0 Å². The standard InChI is InChI=1S/C23H32N6O2/c1-12-13(2)29(17-9-23(3,4)10-18(30)19(12)17)22-26-11-14(20(25)31)21(28-22)27-16-8-6-5-7-15(16)24/h11,15-16H,5-10,24H2,1-4H3,(H2,25,31)(H,26,27,28). The molecule has 1 amide bonds. The van der Waals surface area contributed by atoms with Crippen molar-refractivity contribution < 1.29 is 9.59 Å². The fourth-order valence-electron chi connectivity index (χ4n) is 5.01. The van der Waals surface area contributed by atoms with E-state index in [4.69, 9.17) is 16.5 Å². The van der Waals surface area contributed by atoms with Crippen molar-refractivity contribution in [3.8, 4) is 5.95 Å². The lowest BCUT2D eigenvalue weighted by Gasteiger charge is -2.31. The fourth-order valence-corrected chi connectivity index (χ4v) is 5.01. The van der Waals surface area contributed by atoms with Crippen LogP contribution in [0.15, 0.2) is 6.20 Å². The molecule has 2 atom stereocenters. The van der Waals surface area contributed by atoms with E-state index < -0.39 is 5.91 Å². The van der Waals surface area contributed by atoms with Gasteiger partial charge in [0.05, 0.1) is 5.56 Å². The van der Waals surface area contributed by atoms with E-state index in [1.54, 1.807) is 0 Å². The van der Waals surface area contributed by atoms with Crippen LogP contribution in [0.5, 0.6) is 0 Å². The van der Waals surface area contributed by atoms with Gasteiger partial charge in [-0.05, 0) is 44.1 Å². The number of anilines is 1. The number of rotatable bonds is 4. The Morgan fingerprint density at radius 1 is 1.23 bits per heavy atom. The summed E-state index contributed by atoms with van der Waals surface area (Å²) in [4.78, 5) is 34.1. The number of nitrogens with zero attached hydrogens (tertiary/aromatic N) is 3. The topological polar surface area (TPSA) is 129 Å². The molecule has 0 aliphatic heterocycles. The number of carbonyl (C=O) groups is 2. The van der Waals surface area contributed by atoms with Gasteiger partial charge < -0.3 is 16.8 Å². The SMILES string of the molecule is Cc1c2c(n(-c3ncc(C(N)=O)c(NC4CCCCC4N)n3)c1C)CC(C)(C)CC2=O. The van der Waals surface area contributed by atoms with Crippen molar-refractivity contribution in [2.45, 2.75) is 78.3 Å². The minimum absolute atomic E-state index is 0.00497. The molecule has 31 heavy (non-hydrogen) atoms. The van der Waals surface area contributed by atoms with E-state index in [0.29, 0.717) is 18.2 Å². The highest BCUT2D eigenvalue weighted by Crippen LogP contribution is 2.39. The van der Waals surface area contributed by atoms with Crippen LogP contribution in [0.4, 0.5) is 5.82 Å². The summed E-state index contributed by atoms with van der Waals surface area (Å²) in [6, 6.07) is 0.0196. The molecule has 1 saturated carbocycles. The molecular weight excluding hydrogens is 392 g/mol. The summed E-state index contributed by atoms with van der Waals surface area (Å²) in [6.45, 7) is 8.15. The fraction of sp³-hybridized carbons (Fsp3) is 0.565. The number of Topliss-reactive ketones (excluding diaryl/α,β-unsaturated/α-hetero) is 1. The largest absolute Gasteiger partial charge is 0.365 e. The number of primary amides is 1. The van der Waals surface area contributed by atoms with Gasteiger partial charge in [0.25, 0.3) is 5.91 Å². The lowest BCUT2D eigenvalue weighted by Crippen LogP contribution is -2.43. The zero-order chi connectivity index (χ0) is 22.5. The molecule has 0 saturated heterocycles. The van der Waals surface area contributed by atoms with Gasteiger partial charge in [-0.15, -0.1) is 0 Å². The number of fused-ring (bicyclic) bond motifs is 1. The molecule has 2 aliphatic carbocycles. The number of ketones is 1. The molecule has 2 unspecified atom stereocenters. The van der Waals surface area contributed by atoms with Gasteiger partial charge in [0.15, 0.2) is 5.78 Å². The number of nitrogens with two attached hydrogens (primary N) is 2. The predicted molar refractivity (Wildman–Crippen MR) is 120 cm³/mol. The first-order chi connectivity index (χ1) is 14.6. The van der Waals surface area contributed by atoms with Crippen LogP contribution in [0.25, 0.3) is 5.95 Å². The minimum atomic E-state index is -0.586. The first kappa shape index (κ1) is 21.5. The summed E-state index contributed by atoms with van der Waals surface area (Å²) >= 11 is 0. The molecule has 8 nitrogen and oxygen atoms in total. The third-order valence-corrected chi connectivity index (χ3v) is 6.76. The van der Waals surface area contributed by atoms with Crippen LogP contribution in [0, 0.1) is 19.3 Å². The van der Waals surface area contributed by atoms with Gasteiger partial charge in [-0.1, -0.05) is 26.7 Å². The smallest absolute Gasteiger partial charge is 0.254 e. The van der Waals surface area contributed by atoms with E-state index >= 15 is 0 Å². The van der Waals surface area contributed by atoms with Crippen molar-refractivity contribution in [2.75, 3.05) is 5.32 Å². The van der Waals surface area contributed by atoms with Gasteiger partial charge in [0.1, 0.15) is 5.82 Å². The van der Waals surface area contributed by atoms with E-state index in [-0.39, 0.29) is 28.8 Å². The Hall–Kier alpha value is -2.74. The summed E-state index contributed by atoms with van der Waals surface area (Å²) in [5, 5.41) is 3.36. The van der Waals surface area contributed by atoms with Gasteiger partial charge in [0.2, 0.25) is 5.95 Å². The molecule has 2 heterocycles. The molecule has 0 bridgehead atoms. The molecule has 5 N–H and O–H groups in total. The Morgan fingerprint density at radius 3 is 2.61 bits per heavy atom.